The quantitative estimate of drug-likeness (QED) is 0.594. The Kier molecular flexibility index (Phi) is 6.62. The maximum absolute atomic E-state index is 3.56. The SMILES string of the molecule is C=CC(=C)C.CCc1ccccc1. The van der Waals surface area contributed by atoms with Gasteiger partial charge in [-0.2, -0.15) is 0 Å². The van der Waals surface area contributed by atoms with Gasteiger partial charge in [0.15, 0.2) is 0 Å². The van der Waals surface area contributed by atoms with Gasteiger partial charge in [-0.3, -0.25) is 0 Å². The fourth-order valence-electron chi connectivity index (χ4n) is 0.714. The maximum atomic E-state index is 3.56. The largest absolute Gasteiger partial charge is 0.0988 e. The predicted octanol–water partition coefficient (Wildman–Crippen LogP) is 4.00. The first-order chi connectivity index (χ1) is 6.20. The Bertz CT molecular complexity index is 244. The molecule has 0 aliphatic heterocycles. The molecule has 0 unspecified atom stereocenters. The molecule has 0 amide bonds. The predicted molar refractivity (Wildman–Crippen MR) is 60.8 cm³/mol. The Balaban J connectivity index is 0.000000252. The van der Waals surface area contributed by atoms with Crippen LogP contribution in [0.4, 0.5) is 0 Å². The van der Waals surface area contributed by atoms with Gasteiger partial charge in [-0.25, -0.2) is 0 Å². The van der Waals surface area contributed by atoms with Gasteiger partial charge in [0.25, 0.3) is 0 Å². The molecule has 0 heteroatoms. The molecule has 13 heavy (non-hydrogen) atoms. The number of benzene rings is 1. The zero-order valence-corrected chi connectivity index (χ0v) is 8.59. The first-order valence-corrected chi connectivity index (χ1v) is 4.52. The highest BCUT2D eigenvalue weighted by Crippen LogP contribution is 1.96. The molecule has 70 valence electrons. The molecule has 1 aromatic carbocycles. The van der Waals surface area contributed by atoms with Crippen LogP contribution in [-0.2, 0) is 6.42 Å². The first kappa shape index (κ1) is 11.7. The van der Waals surface area contributed by atoms with Gasteiger partial charge in [-0.15, -0.1) is 0 Å². The van der Waals surface area contributed by atoms with Gasteiger partial charge in [-0.05, 0) is 18.9 Å². The number of aryl methyl sites for hydroxylation is 1. The highest BCUT2D eigenvalue weighted by molar-refractivity contribution is 5.13. The van der Waals surface area contributed by atoms with Crippen molar-refractivity contribution in [1.82, 2.24) is 0 Å². The maximum Gasteiger partial charge on any atom is -0.0307 e. The molecular formula is C13H18. The minimum absolute atomic E-state index is 1.02. The number of hydrogen-bond donors (Lipinski definition) is 0. The number of hydrogen-bond acceptors (Lipinski definition) is 0. The van der Waals surface area contributed by atoms with E-state index < -0.39 is 0 Å². The fourth-order valence-corrected chi connectivity index (χ4v) is 0.714. The summed E-state index contributed by atoms with van der Waals surface area (Å²) >= 11 is 0. The molecule has 0 aliphatic rings. The molecule has 0 fully saturated rings. The van der Waals surface area contributed by atoms with E-state index in [0.29, 0.717) is 0 Å². The first-order valence-electron chi connectivity index (χ1n) is 4.52. The van der Waals surface area contributed by atoms with E-state index in [1.807, 2.05) is 13.0 Å². The Morgan fingerprint density at radius 1 is 1.31 bits per heavy atom. The third-order valence-corrected chi connectivity index (χ3v) is 1.60. The second-order valence-corrected chi connectivity index (χ2v) is 2.89. The van der Waals surface area contributed by atoms with Crippen LogP contribution in [0.2, 0.25) is 0 Å². The van der Waals surface area contributed by atoms with E-state index in [-0.39, 0.29) is 0 Å². The van der Waals surface area contributed by atoms with E-state index in [4.69, 9.17) is 0 Å². The molecule has 1 aromatic rings. The summed E-state index contributed by atoms with van der Waals surface area (Å²) in [6.45, 7) is 11.1. The van der Waals surface area contributed by atoms with E-state index in [0.717, 1.165) is 12.0 Å². The second-order valence-electron chi connectivity index (χ2n) is 2.89. The molecule has 0 saturated carbocycles. The molecule has 0 aliphatic carbocycles. The molecule has 1 rings (SSSR count). The highest BCUT2D eigenvalue weighted by Gasteiger charge is 1.79. The van der Waals surface area contributed by atoms with Crippen LogP contribution in [0.3, 0.4) is 0 Å². The Morgan fingerprint density at radius 3 is 2.00 bits per heavy atom. The molecule has 0 nitrogen and oxygen atoms in total. The minimum Gasteiger partial charge on any atom is -0.0988 e. The van der Waals surface area contributed by atoms with Crippen molar-refractivity contribution in [3.63, 3.8) is 0 Å². The molecular weight excluding hydrogens is 156 g/mol. The molecule has 0 bridgehead atoms. The smallest absolute Gasteiger partial charge is 0.0307 e. The zero-order chi connectivity index (χ0) is 10.1. The van der Waals surface area contributed by atoms with Crippen molar-refractivity contribution in [1.29, 1.82) is 0 Å². The number of allylic oxidation sites excluding steroid dienone is 2. The molecule has 0 N–H and O–H groups in total. The van der Waals surface area contributed by atoms with Crippen LogP contribution < -0.4 is 0 Å². The van der Waals surface area contributed by atoms with Crippen molar-refractivity contribution < 1.29 is 0 Å². The second kappa shape index (κ2) is 7.35. The summed E-state index contributed by atoms with van der Waals surface area (Å²) in [5.41, 5.74) is 2.43. The molecule has 0 heterocycles. The van der Waals surface area contributed by atoms with Gasteiger partial charge in [-0.1, -0.05) is 62.1 Å². The monoisotopic (exact) mass is 174 g/mol. The molecule has 0 atom stereocenters. The zero-order valence-electron chi connectivity index (χ0n) is 8.59. The lowest BCUT2D eigenvalue weighted by atomic mass is 10.2. The Morgan fingerprint density at radius 2 is 1.77 bits per heavy atom. The normalized spacial score (nSPS) is 8.15. The van der Waals surface area contributed by atoms with Crippen molar-refractivity contribution >= 4 is 0 Å². The van der Waals surface area contributed by atoms with E-state index in [9.17, 15) is 0 Å². The van der Waals surface area contributed by atoms with Crippen LogP contribution in [-0.4, -0.2) is 0 Å². The van der Waals surface area contributed by atoms with Crippen LogP contribution >= 0.6 is 0 Å². The third kappa shape index (κ3) is 7.07. The topological polar surface area (TPSA) is 0 Å². The van der Waals surface area contributed by atoms with Gasteiger partial charge in [0, 0.05) is 0 Å². The van der Waals surface area contributed by atoms with E-state index >= 15 is 0 Å². The highest BCUT2D eigenvalue weighted by atomic mass is 13.9. The third-order valence-electron chi connectivity index (χ3n) is 1.60. The van der Waals surface area contributed by atoms with Crippen LogP contribution in [0.1, 0.15) is 19.4 Å². The number of rotatable bonds is 2. The summed E-state index contributed by atoms with van der Waals surface area (Å²) in [4.78, 5) is 0. The van der Waals surface area contributed by atoms with E-state index in [2.05, 4.69) is 44.3 Å². The molecule has 0 radical (unpaired) electrons. The van der Waals surface area contributed by atoms with Gasteiger partial charge < -0.3 is 0 Å². The molecule has 0 spiro atoms. The van der Waals surface area contributed by atoms with Crippen LogP contribution in [0.5, 0.6) is 0 Å². The lowest BCUT2D eigenvalue weighted by Crippen LogP contribution is -1.73. The molecule has 0 saturated heterocycles. The van der Waals surface area contributed by atoms with Crippen molar-refractivity contribution in [2.24, 2.45) is 0 Å². The summed E-state index contributed by atoms with van der Waals surface area (Å²) in [5, 5.41) is 0. The Hall–Kier alpha value is -1.30. The van der Waals surface area contributed by atoms with Crippen molar-refractivity contribution in [2.45, 2.75) is 20.3 Å². The average Bonchev–Trinajstić information content (AvgIpc) is 2.20. The van der Waals surface area contributed by atoms with Crippen LogP contribution in [0, 0.1) is 0 Å². The van der Waals surface area contributed by atoms with Gasteiger partial charge in [0.1, 0.15) is 0 Å². The fraction of sp³-hybridized carbons (Fsp3) is 0.231. The summed E-state index contributed by atoms with van der Waals surface area (Å²) < 4.78 is 0. The molecule has 0 aromatic heterocycles. The van der Waals surface area contributed by atoms with Crippen molar-refractivity contribution in [2.75, 3.05) is 0 Å². The average molecular weight is 174 g/mol. The summed E-state index contributed by atoms with van der Waals surface area (Å²) in [5.74, 6) is 0. The lowest BCUT2D eigenvalue weighted by molar-refractivity contribution is 1.14. The Labute approximate surface area is 81.6 Å². The standard InChI is InChI=1S/C8H10.C5H8/c1-2-8-6-4-3-5-7-8;1-4-5(2)3/h3-7H,2H2,1H3;4H,1-2H2,3H3. The van der Waals surface area contributed by atoms with E-state index in [1.165, 1.54) is 5.56 Å². The summed E-state index contributed by atoms with van der Waals surface area (Å²) in [6.07, 6.45) is 2.86. The van der Waals surface area contributed by atoms with Crippen molar-refractivity contribution in [3.8, 4) is 0 Å². The van der Waals surface area contributed by atoms with Crippen LogP contribution in [0.25, 0.3) is 0 Å². The van der Waals surface area contributed by atoms with E-state index in [1.54, 1.807) is 6.08 Å². The van der Waals surface area contributed by atoms with Gasteiger partial charge >= 0.3 is 0 Å². The van der Waals surface area contributed by atoms with Crippen molar-refractivity contribution in [3.05, 3.63) is 60.7 Å². The van der Waals surface area contributed by atoms with Crippen LogP contribution in [0.15, 0.2) is 55.1 Å². The van der Waals surface area contributed by atoms with Gasteiger partial charge in [0.05, 0.1) is 0 Å². The van der Waals surface area contributed by atoms with Gasteiger partial charge in [0.2, 0.25) is 0 Å². The minimum atomic E-state index is 1.02. The summed E-state index contributed by atoms with van der Waals surface area (Å²) in [6, 6.07) is 10.5. The lowest BCUT2D eigenvalue weighted by Gasteiger charge is -1.89. The summed E-state index contributed by atoms with van der Waals surface area (Å²) in [7, 11) is 0.